The van der Waals surface area contributed by atoms with Crippen molar-refractivity contribution in [2.75, 3.05) is 12.9 Å². The van der Waals surface area contributed by atoms with E-state index < -0.39 is 21.9 Å². The Kier molecular flexibility index (Phi) is 6.39. The van der Waals surface area contributed by atoms with Gasteiger partial charge in [-0.3, -0.25) is 25.0 Å². The third-order valence-corrected chi connectivity index (χ3v) is 4.69. The Labute approximate surface area is 126 Å². The molecule has 0 spiro atoms. The summed E-state index contributed by atoms with van der Waals surface area (Å²) >= 11 is 0. The summed E-state index contributed by atoms with van der Waals surface area (Å²) in [5, 5.41) is 21.5. The number of esters is 1. The van der Waals surface area contributed by atoms with Crippen LogP contribution in [0.3, 0.4) is 0 Å². The average Bonchev–Trinajstić information content (AvgIpc) is 2.45. The van der Waals surface area contributed by atoms with Crippen LogP contribution in [0.1, 0.15) is 0 Å². The minimum atomic E-state index is -0.843. The van der Waals surface area contributed by atoms with Crippen LogP contribution in [0.5, 0.6) is 0 Å². The minimum absolute atomic E-state index is 0.186. The van der Waals surface area contributed by atoms with Crippen LogP contribution in [0.4, 0.5) is 11.4 Å². The molecule has 0 aromatic heterocycles. The van der Waals surface area contributed by atoms with Crippen molar-refractivity contribution in [3.8, 4) is 0 Å². The molecule has 1 aromatic rings. The Morgan fingerprint density at radius 3 is 2.57 bits per heavy atom. The van der Waals surface area contributed by atoms with E-state index in [1.165, 1.54) is 19.2 Å². The molecule has 9 nitrogen and oxygen atoms in total. The molecule has 0 unspecified atom stereocenters. The van der Waals surface area contributed by atoms with Gasteiger partial charge in [0.05, 0.1) is 27.9 Å². The van der Waals surface area contributed by atoms with E-state index in [4.69, 9.17) is 5.73 Å². The summed E-state index contributed by atoms with van der Waals surface area (Å²) in [5.41, 5.74) is 4.80. The first-order valence-electron chi connectivity index (χ1n) is 5.42. The number of nitrogens with two attached hydrogens (primary N) is 1. The minimum Gasteiger partial charge on any atom is -0.468 e. The smallest absolute Gasteiger partial charge is 0.323 e. The maximum Gasteiger partial charge on any atom is 0.323 e. The van der Waals surface area contributed by atoms with E-state index in [0.717, 1.165) is 27.7 Å². The van der Waals surface area contributed by atoms with Gasteiger partial charge in [0, 0.05) is 11.8 Å². The van der Waals surface area contributed by atoms with Gasteiger partial charge in [0.2, 0.25) is 0 Å². The average molecular weight is 333 g/mol. The highest BCUT2D eigenvalue weighted by atomic mass is 33.1. The number of nitro benzene ring substituents is 2. The largest absolute Gasteiger partial charge is 0.468 e. The molecule has 0 radical (unpaired) electrons. The lowest BCUT2D eigenvalue weighted by Crippen LogP contribution is -2.33. The molecule has 0 saturated carbocycles. The monoisotopic (exact) mass is 333 g/mol. The van der Waals surface area contributed by atoms with Gasteiger partial charge < -0.3 is 10.5 Å². The molecule has 1 atom stereocenters. The quantitative estimate of drug-likeness (QED) is 0.342. The van der Waals surface area contributed by atoms with E-state index in [2.05, 4.69) is 4.74 Å². The summed E-state index contributed by atoms with van der Waals surface area (Å²) in [5.74, 6) is -0.396. The summed E-state index contributed by atoms with van der Waals surface area (Å²) in [4.78, 5) is 31.4. The van der Waals surface area contributed by atoms with Crippen molar-refractivity contribution in [3.63, 3.8) is 0 Å². The zero-order chi connectivity index (χ0) is 16.0. The van der Waals surface area contributed by atoms with Gasteiger partial charge in [0.15, 0.2) is 0 Å². The summed E-state index contributed by atoms with van der Waals surface area (Å²) in [6.45, 7) is 0. The van der Waals surface area contributed by atoms with Crippen LogP contribution in [-0.4, -0.2) is 34.7 Å². The molecule has 0 fully saturated rings. The van der Waals surface area contributed by atoms with Gasteiger partial charge >= 0.3 is 5.97 Å². The second-order valence-corrected chi connectivity index (χ2v) is 6.05. The van der Waals surface area contributed by atoms with Crippen molar-refractivity contribution in [1.29, 1.82) is 0 Å². The molecule has 21 heavy (non-hydrogen) atoms. The van der Waals surface area contributed by atoms with Crippen molar-refractivity contribution < 1.29 is 19.4 Å². The Morgan fingerprint density at radius 2 is 2.05 bits per heavy atom. The number of nitrogens with zero attached hydrogens (tertiary/aromatic N) is 2. The Morgan fingerprint density at radius 1 is 1.38 bits per heavy atom. The number of rotatable bonds is 7. The zero-order valence-corrected chi connectivity index (χ0v) is 12.4. The van der Waals surface area contributed by atoms with Crippen LogP contribution < -0.4 is 5.73 Å². The van der Waals surface area contributed by atoms with Crippen molar-refractivity contribution in [2.45, 2.75) is 10.9 Å². The third-order valence-electron chi connectivity index (χ3n) is 2.25. The van der Waals surface area contributed by atoms with Crippen molar-refractivity contribution in [2.24, 2.45) is 5.73 Å². The molecule has 0 bridgehead atoms. The van der Waals surface area contributed by atoms with Gasteiger partial charge in [-0.25, -0.2) is 0 Å². The number of nitro groups is 2. The third kappa shape index (κ3) is 4.88. The summed E-state index contributed by atoms with van der Waals surface area (Å²) in [7, 11) is 3.35. The fourth-order valence-corrected chi connectivity index (χ4v) is 3.49. The van der Waals surface area contributed by atoms with E-state index in [-0.39, 0.29) is 22.0 Å². The number of hydrogen-bond acceptors (Lipinski definition) is 9. The standard InChI is InChI=1S/C10H11N3O6S2/c1-19-10(14)7(11)5-20-21-9-3-2-6(12(15)16)4-8(9)13(17)18/h2-4,7H,5,11H2,1H3/t7-/m1/s1. The van der Waals surface area contributed by atoms with Crippen molar-refractivity contribution in [3.05, 3.63) is 38.4 Å². The first-order valence-corrected chi connectivity index (χ1v) is 7.74. The van der Waals surface area contributed by atoms with E-state index in [0.29, 0.717) is 0 Å². The molecule has 0 heterocycles. The number of benzene rings is 1. The topological polar surface area (TPSA) is 139 Å². The lowest BCUT2D eigenvalue weighted by atomic mass is 10.3. The molecule has 0 amide bonds. The molecule has 0 saturated heterocycles. The fourth-order valence-electron chi connectivity index (χ4n) is 1.22. The summed E-state index contributed by atoms with van der Waals surface area (Å²) < 4.78 is 4.45. The van der Waals surface area contributed by atoms with E-state index in [1.807, 2.05) is 0 Å². The van der Waals surface area contributed by atoms with Gasteiger partial charge in [0.25, 0.3) is 11.4 Å². The first kappa shape index (κ1) is 17.2. The Hall–Kier alpha value is -1.85. The lowest BCUT2D eigenvalue weighted by Gasteiger charge is -2.08. The van der Waals surface area contributed by atoms with Crippen molar-refractivity contribution >= 4 is 38.9 Å². The number of ether oxygens (including phenoxy) is 1. The summed E-state index contributed by atoms with van der Waals surface area (Å²) in [6, 6.07) is 2.52. The predicted molar refractivity (Wildman–Crippen MR) is 78.1 cm³/mol. The van der Waals surface area contributed by atoms with Crippen LogP contribution >= 0.6 is 21.6 Å². The van der Waals surface area contributed by atoms with Crippen LogP contribution in [0.2, 0.25) is 0 Å². The van der Waals surface area contributed by atoms with E-state index >= 15 is 0 Å². The Bertz CT molecular complexity index is 568. The second-order valence-electron chi connectivity index (χ2n) is 3.66. The second kappa shape index (κ2) is 7.81. The van der Waals surface area contributed by atoms with Gasteiger partial charge in [-0.1, -0.05) is 21.6 Å². The molecule has 1 rings (SSSR count). The SMILES string of the molecule is COC(=O)[C@H](N)CSSc1ccc([N+](=O)[O-])cc1[N+](=O)[O-]. The molecule has 2 N–H and O–H groups in total. The molecular weight excluding hydrogens is 322 g/mol. The number of non-ortho nitro benzene ring substituents is 1. The van der Waals surface area contributed by atoms with Gasteiger partial charge in [-0.05, 0) is 6.07 Å². The molecule has 0 aliphatic rings. The highest BCUT2D eigenvalue weighted by Crippen LogP contribution is 2.39. The predicted octanol–water partition coefficient (Wildman–Crippen LogP) is 1.74. The first-order chi connectivity index (χ1) is 9.86. The van der Waals surface area contributed by atoms with Crippen LogP contribution in [-0.2, 0) is 9.53 Å². The summed E-state index contributed by atoms with van der Waals surface area (Å²) in [6.07, 6.45) is 0. The molecule has 0 aliphatic carbocycles. The lowest BCUT2D eigenvalue weighted by molar-refractivity contribution is -0.396. The maximum atomic E-state index is 11.1. The van der Waals surface area contributed by atoms with Crippen LogP contribution in [0, 0.1) is 20.2 Å². The van der Waals surface area contributed by atoms with Gasteiger partial charge in [0.1, 0.15) is 6.04 Å². The van der Waals surface area contributed by atoms with E-state index in [1.54, 1.807) is 0 Å². The van der Waals surface area contributed by atoms with Crippen molar-refractivity contribution in [1.82, 2.24) is 0 Å². The zero-order valence-electron chi connectivity index (χ0n) is 10.8. The number of hydrogen-bond donors (Lipinski definition) is 1. The Balaban J connectivity index is 2.77. The maximum absolute atomic E-state index is 11.1. The number of methoxy groups -OCH3 is 1. The normalized spacial score (nSPS) is 11.7. The van der Waals surface area contributed by atoms with Crippen LogP contribution in [0.15, 0.2) is 23.1 Å². The molecular formula is C10H11N3O6S2. The van der Waals surface area contributed by atoms with E-state index in [9.17, 15) is 25.0 Å². The molecule has 11 heteroatoms. The number of carbonyl (C=O) groups is 1. The fraction of sp³-hybridized carbons (Fsp3) is 0.300. The van der Waals surface area contributed by atoms with Gasteiger partial charge in [-0.2, -0.15) is 0 Å². The number of carbonyl (C=O) groups excluding carboxylic acids is 1. The molecule has 0 aliphatic heterocycles. The molecule has 1 aromatic carbocycles. The van der Waals surface area contributed by atoms with Gasteiger partial charge in [-0.15, -0.1) is 0 Å². The van der Waals surface area contributed by atoms with Crippen LogP contribution in [0.25, 0.3) is 0 Å². The molecule has 114 valence electrons. The highest BCUT2D eigenvalue weighted by Gasteiger charge is 2.21. The highest BCUT2D eigenvalue weighted by molar-refractivity contribution is 8.76.